The van der Waals surface area contributed by atoms with Crippen LogP contribution >= 0.6 is 22.9 Å². The largest absolute Gasteiger partial charge is 0.484 e. The Morgan fingerprint density at radius 1 is 1.21 bits per heavy atom. The van der Waals surface area contributed by atoms with E-state index in [1.807, 2.05) is 72.4 Å². The summed E-state index contributed by atoms with van der Waals surface area (Å²) in [4.78, 5) is 17.7. The number of thiazole rings is 1. The number of aromatic nitrogens is 2. The van der Waals surface area contributed by atoms with Gasteiger partial charge in [-0.2, -0.15) is 0 Å². The Hall–Kier alpha value is -2.83. The number of halogens is 1. The third kappa shape index (κ3) is 3.88. The van der Waals surface area contributed by atoms with Crippen LogP contribution < -0.4 is 10.1 Å². The number of amides is 1. The summed E-state index contributed by atoms with van der Waals surface area (Å²) in [6.07, 6.45) is 3.97. The van der Waals surface area contributed by atoms with Crippen LogP contribution in [0.5, 0.6) is 5.75 Å². The van der Waals surface area contributed by atoms with E-state index in [0.717, 1.165) is 32.4 Å². The summed E-state index contributed by atoms with van der Waals surface area (Å²) in [5.74, 6) is 0.408. The molecule has 4 rings (SSSR count). The van der Waals surface area contributed by atoms with Crippen molar-refractivity contribution in [3.05, 3.63) is 70.3 Å². The zero-order valence-corrected chi connectivity index (χ0v) is 17.0. The molecule has 0 saturated heterocycles. The van der Waals surface area contributed by atoms with E-state index in [1.165, 1.54) is 0 Å². The third-order valence-electron chi connectivity index (χ3n) is 4.34. The fraction of sp³-hybridized carbons (Fsp3) is 0.143. The third-order valence-corrected chi connectivity index (χ3v) is 5.70. The molecule has 0 aliphatic carbocycles. The van der Waals surface area contributed by atoms with Gasteiger partial charge in [0, 0.05) is 34.0 Å². The average Bonchev–Trinajstić information content (AvgIpc) is 3.27. The molecule has 5 nitrogen and oxygen atoms in total. The van der Waals surface area contributed by atoms with Gasteiger partial charge < -0.3 is 10.1 Å². The van der Waals surface area contributed by atoms with Crippen molar-refractivity contribution in [1.82, 2.24) is 9.38 Å². The Balaban J connectivity index is 1.37. The number of rotatable bonds is 5. The summed E-state index contributed by atoms with van der Waals surface area (Å²) in [7, 11) is 0. The minimum absolute atomic E-state index is 0.0699. The number of benzene rings is 2. The zero-order chi connectivity index (χ0) is 19.7. The van der Waals surface area contributed by atoms with Crippen molar-refractivity contribution >= 4 is 39.5 Å². The monoisotopic (exact) mass is 411 g/mol. The number of hydrogen-bond donors (Lipinski definition) is 1. The standard InChI is InChI=1S/C21H18ClN3O2S/c1-13-9-17(10-14(2)20(13)22)27-12-19(26)23-16-5-3-15(4-6-16)18-11-25-7-8-28-21(25)24-18/h3-11H,12H2,1-2H3,(H,23,26). The predicted molar refractivity (Wildman–Crippen MR) is 114 cm³/mol. The Morgan fingerprint density at radius 2 is 1.93 bits per heavy atom. The molecule has 0 saturated carbocycles. The first kappa shape index (κ1) is 18.5. The number of fused-ring (bicyclic) bond motifs is 1. The first-order valence-corrected chi connectivity index (χ1v) is 9.97. The van der Waals surface area contributed by atoms with Gasteiger partial charge in [0.2, 0.25) is 0 Å². The van der Waals surface area contributed by atoms with Crippen molar-refractivity contribution in [2.24, 2.45) is 0 Å². The van der Waals surface area contributed by atoms with E-state index in [0.29, 0.717) is 11.4 Å². The number of imidazole rings is 1. The number of aryl methyl sites for hydroxylation is 2. The molecule has 0 aliphatic rings. The van der Waals surface area contributed by atoms with Gasteiger partial charge in [-0.05, 0) is 49.2 Å². The van der Waals surface area contributed by atoms with E-state index in [1.54, 1.807) is 11.3 Å². The van der Waals surface area contributed by atoms with Crippen molar-refractivity contribution in [3.8, 4) is 17.0 Å². The molecule has 2 aromatic carbocycles. The number of nitrogens with one attached hydrogen (secondary N) is 1. The van der Waals surface area contributed by atoms with Gasteiger partial charge in [0.1, 0.15) is 5.75 Å². The molecular weight excluding hydrogens is 394 g/mol. The van der Waals surface area contributed by atoms with Crippen molar-refractivity contribution < 1.29 is 9.53 Å². The normalized spacial score (nSPS) is 11.0. The number of nitrogens with zero attached hydrogens (tertiary/aromatic N) is 2. The Kier molecular flexibility index (Phi) is 5.07. The molecule has 0 spiro atoms. The Bertz CT molecular complexity index is 1100. The van der Waals surface area contributed by atoms with E-state index in [2.05, 4.69) is 10.3 Å². The molecule has 142 valence electrons. The second kappa shape index (κ2) is 7.66. The number of carbonyl (C=O) groups is 1. The molecular formula is C21H18ClN3O2S. The molecule has 1 amide bonds. The Morgan fingerprint density at radius 3 is 2.61 bits per heavy atom. The molecule has 1 N–H and O–H groups in total. The minimum atomic E-state index is -0.222. The average molecular weight is 412 g/mol. The van der Waals surface area contributed by atoms with Crippen molar-refractivity contribution in [1.29, 1.82) is 0 Å². The van der Waals surface area contributed by atoms with Crippen LogP contribution in [0.15, 0.2) is 54.2 Å². The second-order valence-electron chi connectivity index (χ2n) is 6.50. The van der Waals surface area contributed by atoms with Crippen LogP contribution in [0.1, 0.15) is 11.1 Å². The molecule has 0 fully saturated rings. The summed E-state index contributed by atoms with van der Waals surface area (Å²) >= 11 is 7.75. The summed E-state index contributed by atoms with van der Waals surface area (Å²) in [5, 5.41) is 5.56. The highest BCUT2D eigenvalue weighted by molar-refractivity contribution is 7.15. The van der Waals surface area contributed by atoms with Gasteiger partial charge in [0.05, 0.1) is 5.69 Å². The molecule has 2 aromatic heterocycles. The van der Waals surface area contributed by atoms with Crippen molar-refractivity contribution in [3.63, 3.8) is 0 Å². The highest BCUT2D eigenvalue weighted by Crippen LogP contribution is 2.26. The highest BCUT2D eigenvalue weighted by Gasteiger charge is 2.09. The van der Waals surface area contributed by atoms with Crippen LogP contribution in [0.2, 0.25) is 5.02 Å². The quantitative estimate of drug-likeness (QED) is 0.481. The summed E-state index contributed by atoms with van der Waals surface area (Å²) in [6.45, 7) is 3.75. The van der Waals surface area contributed by atoms with Gasteiger partial charge in [0.15, 0.2) is 11.6 Å². The van der Waals surface area contributed by atoms with E-state index in [9.17, 15) is 4.79 Å². The van der Waals surface area contributed by atoms with Crippen LogP contribution in [0, 0.1) is 13.8 Å². The minimum Gasteiger partial charge on any atom is -0.484 e. The van der Waals surface area contributed by atoms with E-state index < -0.39 is 0 Å². The highest BCUT2D eigenvalue weighted by atomic mass is 35.5. The maximum Gasteiger partial charge on any atom is 0.262 e. The number of hydrogen-bond acceptors (Lipinski definition) is 4. The first-order valence-electron chi connectivity index (χ1n) is 8.71. The first-order chi connectivity index (χ1) is 13.5. The van der Waals surface area contributed by atoms with E-state index in [-0.39, 0.29) is 12.5 Å². The maximum absolute atomic E-state index is 12.2. The lowest BCUT2D eigenvalue weighted by molar-refractivity contribution is -0.118. The lowest BCUT2D eigenvalue weighted by atomic mass is 10.1. The van der Waals surface area contributed by atoms with Gasteiger partial charge >= 0.3 is 0 Å². The molecule has 0 radical (unpaired) electrons. The molecule has 0 aliphatic heterocycles. The lowest BCUT2D eigenvalue weighted by Gasteiger charge is -2.10. The van der Waals surface area contributed by atoms with Crippen LogP contribution in [0.3, 0.4) is 0 Å². The molecule has 28 heavy (non-hydrogen) atoms. The van der Waals surface area contributed by atoms with Gasteiger partial charge in [-0.25, -0.2) is 4.98 Å². The molecule has 0 unspecified atom stereocenters. The van der Waals surface area contributed by atoms with Crippen molar-refractivity contribution in [2.45, 2.75) is 13.8 Å². The van der Waals surface area contributed by atoms with Crippen LogP contribution in [0.25, 0.3) is 16.2 Å². The maximum atomic E-state index is 12.2. The second-order valence-corrected chi connectivity index (χ2v) is 7.76. The summed E-state index contributed by atoms with van der Waals surface area (Å²) in [6, 6.07) is 11.2. The topological polar surface area (TPSA) is 55.6 Å². The molecule has 4 aromatic rings. The molecule has 7 heteroatoms. The van der Waals surface area contributed by atoms with Crippen LogP contribution in [-0.4, -0.2) is 21.9 Å². The number of carbonyl (C=O) groups excluding carboxylic acids is 1. The van der Waals surface area contributed by atoms with Gasteiger partial charge in [-0.3, -0.25) is 9.20 Å². The molecule has 0 atom stereocenters. The summed E-state index contributed by atoms with van der Waals surface area (Å²) < 4.78 is 7.59. The summed E-state index contributed by atoms with van der Waals surface area (Å²) in [5.41, 5.74) is 4.46. The van der Waals surface area contributed by atoms with E-state index >= 15 is 0 Å². The zero-order valence-electron chi connectivity index (χ0n) is 15.4. The SMILES string of the molecule is Cc1cc(OCC(=O)Nc2ccc(-c3cn4ccsc4n3)cc2)cc(C)c1Cl. The molecule has 0 bridgehead atoms. The number of anilines is 1. The predicted octanol–water partition coefficient (Wildman–Crippen LogP) is 5.35. The van der Waals surface area contributed by atoms with Gasteiger partial charge in [-0.15, -0.1) is 11.3 Å². The Labute approximate surface area is 171 Å². The number of ether oxygens (including phenoxy) is 1. The smallest absolute Gasteiger partial charge is 0.262 e. The van der Waals surface area contributed by atoms with E-state index in [4.69, 9.17) is 16.3 Å². The fourth-order valence-corrected chi connectivity index (χ4v) is 3.74. The van der Waals surface area contributed by atoms with Gasteiger partial charge in [0.25, 0.3) is 5.91 Å². The fourth-order valence-electron chi connectivity index (χ4n) is 2.93. The molecule has 2 heterocycles. The van der Waals surface area contributed by atoms with Crippen molar-refractivity contribution in [2.75, 3.05) is 11.9 Å². The van der Waals surface area contributed by atoms with Gasteiger partial charge in [-0.1, -0.05) is 23.7 Å². The van der Waals surface area contributed by atoms with Crippen LogP contribution in [-0.2, 0) is 4.79 Å². The van der Waals surface area contributed by atoms with Crippen LogP contribution in [0.4, 0.5) is 5.69 Å². The lowest BCUT2D eigenvalue weighted by Crippen LogP contribution is -2.20.